The van der Waals surface area contributed by atoms with Crippen molar-refractivity contribution in [3.05, 3.63) is 159 Å². The average Bonchev–Trinajstić information content (AvgIpc) is 2.88. The van der Waals surface area contributed by atoms with E-state index in [2.05, 4.69) is 179 Å². The Labute approximate surface area is 246 Å². The summed E-state index contributed by atoms with van der Waals surface area (Å²) in [6.07, 6.45) is 36.7. The molecule has 1 aromatic rings. The number of allylic oxidation sites excluding steroid dienone is 21. The van der Waals surface area contributed by atoms with Gasteiger partial charge in [0.25, 0.3) is 0 Å². The van der Waals surface area contributed by atoms with E-state index in [0.29, 0.717) is 0 Å². The molecule has 0 aromatic heterocycles. The fourth-order valence-electron chi connectivity index (χ4n) is 3.82. The van der Waals surface area contributed by atoms with Crippen LogP contribution >= 0.6 is 0 Å². The van der Waals surface area contributed by atoms with Gasteiger partial charge < -0.3 is 0 Å². The Balaban J connectivity index is 2.60. The van der Waals surface area contributed by atoms with E-state index >= 15 is 0 Å². The highest BCUT2D eigenvalue weighted by Crippen LogP contribution is 2.19. The van der Waals surface area contributed by atoms with Crippen molar-refractivity contribution in [1.82, 2.24) is 0 Å². The lowest BCUT2D eigenvalue weighted by molar-refractivity contribution is 0.967. The minimum absolute atomic E-state index is 1.11. The Bertz CT molecular complexity index is 1290. The quantitative estimate of drug-likeness (QED) is 0.175. The Hall–Kier alpha value is -3.64. The first-order valence-electron chi connectivity index (χ1n) is 14.4. The van der Waals surface area contributed by atoms with Crippen LogP contribution in [0.1, 0.15) is 83.6 Å². The Kier molecular flexibility index (Phi) is 16.7. The molecule has 0 radical (unpaired) electrons. The van der Waals surface area contributed by atoms with Crippen molar-refractivity contribution < 1.29 is 0 Å². The molecule has 0 saturated heterocycles. The van der Waals surface area contributed by atoms with E-state index in [1.54, 1.807) is 0 Å². The van der Waals surface area contributed by atoms with E-state index in [9.17, 15) is 0 Å². The summed E-state index contributed by atoms with van der Waals surface area (Å²) in [6.45, 7) is 21.6. The van der Waals surface area contributed by atoms with Gasteiger partial charge in [-0.05, 0) is 104 Å². The van der Waals surface area contributed by atoms with E-state index in [4.69, 9.17) is 0 Å². The van der Waals surface area contributed by atoms with Crippen molar-refractivity contribution in [2.45, 2.75) is 82.1 Å². The zero-order valence-electron chi connectivity index (χ0n) is 26.8. The third kappa shape index (κ3) is 15.7. The van der Waals surface area contributed by atoms with Crippen molar-refractivity contribution in [3.8, 4) is 0 Å². The van der Waals surface area contributed by atoms with Gasteiger partial charge in [-0.15, -0.1) is 0 Å². The molecule has 0 fully saturated rings. The summed E-state index contributed by atoms with van der Waals surface area (Å²) < 4.78 is 0. The second-order valence-electron chi connectivity index (χ2n) is 11.0. The number of rotatable bonds is 13. The van der Waals surface area contributed by atoms with E-state index in [1.165, 1.54) is 55.7 Å². The van der Waals surface area contributed by atoms with Gasteiger partial charge in [0.2, 0.25) is 0 Å². The molecule has 212 valence electrons. The largest absolute Gasteiger partial charge is 0.0856 e. The fraction of sp³-hybridized carbons (Fsp3) is 0.300. The molecule has 1 rings (SSSR count). The van der Waals surface area contributed by atoms with Gasteiger partial charge in [0, 0.05) is 0 Å². The maximum absolute atomic E-state index is 2.30. The van der Waals surface area contributed by atoms with Crippen LogP contribution in [-0.2, 0) is 0 Å². The monoisotopic (exact) mass is 532 g/mol. The van der Waals surface area contributed by atoms with Gasteiger partial charge in [0.1, 0.15) is 0 Å². The zero-order chi connectivity index (χ0) is 29.9. The number of hydrogen-bond acceptors (Lipinski definition) is 0. The van der Waals surface area contributed by atoms with Crippen molar-refractivity contribution in [1.29, 1.82) is 0 Å². The first-order chi connectivity index (χ1) is 19.0. The van der Waals surface area contributed by atoms with Crippen LogP contribution in [-0.4, -0.2) is 0 Å². The molecule has 0 nitrogen and oxygen atoms in total. The third-order valence-electron chi connectivity index (χ3n) is 6.61. The van der Waals surface area contributed by atoms with Gasteiger partial charge in [0.15, 0.2) is 0 Å². The van der Waals surface area contributed by atoms with Crippen LogP contribution in [0, 0.1) is 20.8 Å². The van der Waals surface area contributed by atoms with Crippen molar-refractivity contribution in [2.75, 3.05) is 0 Å². The Morgan fingerprint density at radius 1 is 0.550 bits per heavy atom. The lowest BCUT2D eigenvalue weighted by atomic mass is 9.97. The molecule has 0 bridgehead atoms. The molecule has 0 heteroatoms. The molecule has 0 N–H and O–H groups in total. The molecular formula is C40H52. The summed E-state index contributed by atoms with van der Waals surface area (Å²) in [7, 11) is 0. The standard InChI is InChI=1S/C40H52/c1-31(2)17-13-20-34(5)23-15-25-35(6)24-14-21-32(3)18-11-12-19-33(4)22-16-26-36(7)27-30-40-38(9)29-28-37(8)39(40)10/h11-12,14-19,21-30H,13,20H2,1-10H3/b12-11+,21-14+,22-16+,25-15+,30-27+,32-18+,33-19+,34-23+,35-24+,36-26+. The lowest BCUT2D eigenvalue weighted by Crippen LogP contribution is -1.89. The van der Waals surface area contributed by atoms with E-state index in [1.807, 2.05) is 0 Å². The molecule has 0 aliphatic heterocycles. The van der Waals surface area contributed by atoms with Crippen molar-refractivity contribution in [3.63, 3.8) is 0 Å². The highest BCUT2D eigenvalue weighted by Gasteiger charge is 2.01. The molecule has 0 spiro atoms. The predicted molar refractivity (Wildman–Crippen MR) is 184 cm³/mol. The molecule has 0 heterocycles. The smallest absolute Gasteiger partial charge is 0.0195 e. The SMILES string of the molecule is CC(C)=CCC/C(C)=C/C=C/C(C)=C/C=C/C(C)=C/C=C/C=C(C)/C=C/C=C(C)/C=C/c1c(C)ccc(C)c1C. The summed E-state index contributed by atoms with van der Waals surface area (Å²) in [5.74, 6) is 0. The highest BCUT2D eigenvalue weighted by molar-refractivity contribution is 5.61. The maximum atomic E-state index is 2.30. The summed E-state index contributed by atoms with van der Waals surface area (Å²) >= 11 is 0. The number of hydrogen-bond donors (Lipinski definition) is 0. The summed E-state index contributed by atoms with van der Waals surface area (Å²) in [5, 5.41) is 0. The predicted octanol–water partition coefficient (Wildman–Crippen LogP) is 12.3. The first-order valence-corrected chi connectivity index (χ1v) is 14.4. The van der Waals surface area contributed by atoms with Crippen LogP contribution in [0.5, 0.6) is 0 Å². The minimum atomic E-state index is 1.11. The van der Waals surface area contributed by atoms with Crippen LogP contribution < -0.4 is 0 Å². The summed E-state index contributed by atoms with van der Waals surface area (Å²) in [6, 6.07) is 4.39. The second kappa shape index (κ2) is 19.4. The molecule has 1 aromatic carbocycles. The lowest BCUT2D eigenvalue weighted by Gasteiger charge is -2.08. The van der Waals surface area contributed by atoms with Gasteiger partial charge in [-0.2, -0.15) is 0 Å². The van der Waals surface area contributed by atoms with Crippen molar-refractivity contribution >= 4 is 6.08 Å². The Morgan fingerprint density at radius 3 is 1.52 bits per heavy atom. The minimum Gasteiger partial charge on any atom is -0.0856 e. The topological polar surface area (TPSA) is 0 Å². The van der Waals surface area contributed by atoms with Crippen LogP contribution in [0.25, 0.3) is 6.08 Å². The van der Waals surface area contributed by atoms with Crippen LogP contribution in [0.3, 0.4) is 0 Å². The van der Waals surface area contributed by atoms with E-state index in [0.717, 1.165) is 12.8 Å². The Morgan fingerprint density at radius 2 is 1.00 bits per heavy atom. The molecule has 0 aliphatic rings. The van der Waals surface area contributed by atoms with E-state index in [-0.39, 0.29) is 0 Å². The molecular weight excluding hydrogens is 480 g/mol. The molecule has 40 heavy (non-hydrogen) atoms. The van der Waals surface area contributed by atoms with Gasteiger partial charge >= 0.3 is 0 Å². The van der Waals surface area contributed by atoms with Gasteiger partial charge in [-0.1, -0.05) is 143 Å². The van der Waals surface area contributed by atoms with Crippen LogP contribution in [0.15, 0.2) is 137 Å². The number of benzene rings is 1. The second-order valence-corrected chi connectivity index (χ2v) is 11.0. The molecule has 0 aliphatic carbocycles. The average molecular weight is 533 g/mol. The molecule has 0 unspecified atom stereocenters. The first kappa shape index (κ1) is 34.4. The molecule has 0 saturated carbocycles. The third-order valence-corrected chi connectivity index (χ3v) is 6.61. The zero-order valence-corrected chi connectivity index (χ0v) is 26.8. The highest BCUT2D eigenvalue weighted by atomic mass is 14.1. The van der Waals surface area contributed by atoms with Crippen molar-refractivity contribution in [2.24, 2.45) is 0 Å². The van der Waals surface area contributed by atoms with E-state index < -0.39 is 0 Å². The van der Waals surface area contributed by atoms with Gasteiger partial charge in [0.05, 0.1) is 0 Å². The fourth-order valence-corrected chi connectivity index (χ4v) is 3.82. The maximum Gasteiger partial charge on any atom is -0.0195 e. The van der Waals surface area contributed by atoms with Gasteiger partial charge in [-0.3, -0.25) is 0 Å². The molecule has 0 atom stereocenters. The summed E-state index contributed by atoms with van der Waals surface area (Å²) in [4.78, 5) is 0. The normalized spacial score (nSPS) is 14.7. The van der Waals surface area contributed by atoms with Crippen LogP contribution in [0.4, 0.5) is 0 Å². The summed E-state index contributed by atoms with van der Waals surface area (Å²) in [5.41, 5.74) is 13.0. The van der Waals surface area contributed by atoms with Gasteiger partial charge in [-0.25, -0.2) is 0 Å². The molecule has 0 amide bonds. The van der Waals surface area contributed by atoms with Crippen LogP contribution in [0.2, 0.25) is 0 Å². The number of aryl methyl sites for hydroxylation is 2.